The van der Waals surface area contributed by atoms with Crippen LogP contribution in [0.1, 0.15) is 45.4 Å². The van der Waals surface area contributed by atoms with Crippen LogP contribution in [0.25, 0.3) is 0 Å². The Labute approximate surface area is 86.3 Å². The quantitative estimate of drug-likeness (QED) is 0.476. The Morgan fingerprint density at radius 2 is 1.64 bits per heavy atom. The number of unbranched alkanes of at least 4 members (excludes halogenated alkanes) is 3. The molecule has 2 nitrogen and oxygen atoms in total. The van der Waals surface area contributed by atoms with E-state index in [1.165, 1.54) is 12.8 Å². The lowest BCUT2D eigenvalue weighted by atomic mass is 10.1. The minimum absolute atomic E-state index is 0.245. The van der Waals surface area contributed by atoms with Gasteiger partial charge >= 0.3 is 5.97 Å². The molecule has 0 saturated heterocycles. The first-order valence-electron chi connectivity index (χ1n) is 5.25. The van der Waals surface area contributed by atoms with Crippen molar-refractivity contribution in [1.29, 1.82) is 0 Å². The second-order valence-corrected chi connectivity index (χ2v) is 3.26. The lowest BCUT2D eigenvalue weighted by Crippen LogP contribution is -1.91. The van der Waals surface area contributed by atoms with Gasteiger partial charge in [-0.1, -0.05) is 24.3 Å². The molecule has 0 saturated carbocycles. The summed E-state index contributed by atoms with van der Waals surface area (Å²) >= 11 is 0. The first-order chi connectivity index (χ1) is 6.77. The van der Waals surface area contributed by atoms with Crippen LogP contribution in [-0.2, 0) is 4.79 Å². The van der Waals surface area contributed by atoms with E-state index < -0.39 is 5.97 Å². The van der Waals surface area contributed by atoms with E-state index in [9.17, 15) is 4.79 Å². The van der Waals surface area contributed by atoms with E-state index in [1.54, 1.807) is 0 Å². The largest absolute Gasteiger partial charge is 0.481 e. The zero-order chi connectivity index (χ0) is 10.6. The predicted octanol–water partition coefficient (Wildman–Crippen LogP) is 3.54. The predicted molar refractivity (Wildman–Crippen MR) is 59.3 cm³/mol. The summed E-state index contributed by atoms with van der Waals surface area (Å²) in [7, 11) is 0. The maximum atomic E-state index is 10.2. The standard InChI is InChI=1S/C12H20O2/c1-2-3-4-5-6-7-8-9-10-11-12(13)14/h2-3,8-9H,4-7,10-11H2,1H3,(H,13,14)/b3-2+,9-8+. The van der Waals surface area contributed by atoms with Crippen molar-refractivity contribution in [3.8, 4) is 0 Å². The summed E-state index contributed by atoms with van der Waals surface area (Å²) in [5.41, 5.74) is 0. The van der Waals surface area contributed by atoms with Gasteiger partial charge in [0, 0.05) is 6.42 Å². The van der Waals surface area contributed by atoms with Gasteiger partial charge in [0.1, 0.15) is 0 Å². The molecule has 80 valence electrons. The van der Waals surface area contributed by atoms with Gasteiger partial charge in [0.05, 0.1) is 0 Å². The molecule has 0 aromatic heterocycles. The van der Waals surface area contributed by atoms with Gasteiger partial charge in [0.15, 0.2) is 0 Å². The van der Waals surface area contributed by atoms with Crippen molar-refractivity contribution < 1.29 is 9.90 Å². The van der Waals surface area contributed by atoms with Crippen molar-refractivity contribution in [2.75, 3.05) is 0 Å². The maximum absolute atomic E-state index is 10.2. The molecule has 0 radical (unpaired) electrons. The fourth-order valence-corrected chi connectivity index (χ4v) is 1.13. The lowest BCUT2D eigenvalue weighted by Gasteiger charge is -1.92. The minimum Gasteiger partial charge on any atom is -0.481 e. The Hall–Kier alpha value is -1.05. The summed E-state index contributed by atoms with van der Waals surface area (Å²) < 4.78 is 0. The van der Waals surface area contributed by atoms with Crippen molar-refractivity contribution in [3.05, 3.63) is 24.3 Å². The lowest BCUT2D eigenvalue weighted by molar-refractivity contribution is -0.136. The Kier molecular flexibility index (Phi) is 9.28. The molecular formula is C12H20O2. The van der Waals surface area contributed by atoms with Crippen molar-refractivity contribution in [1.82, 2.24) is 0 Å². The number of carboxylic acid groups (broad SMARTS) is 1. The van der Waals surface area contributed by atoms with Gasteiger partial charge in [-0.3, -0.25) is 4.79 Å². The molecule has 0 rings (SSSR count). The molecule has 0 heterocycles. The molecule has 1 N–H and O–H groups in total. The van der Waals surface area contributed by atoms with E-state index in [-0.39, 0.29) is 6.42 Å². The molecule has 0 spiro atoms. The van der Waals surface area contributed by atoms with E-state index >= 15 is 0 Å². The molecule has 0 fully saturated rings. The summed E-state index contributed by atoms with van der Waals surface area (Å²) in [5, 5.41) is 8.37. The van der Waals surface area contributed by atoms with Crippen LogP contribution in [0.3, 0.4) is 0 Å². The SMILES string of the molecule is C/C=C/CCCC/C=C/CCC(=O)O. The van der Waals surface area contributed by atoms with E-state index in [0.717, 1.165) is 12.8 Å². The van der Waals surface area contributed by atoms with Crippen molar-refractivity contribution in [2.24, 2.45) is 0 Å². The number of rotatable bonds is 8. The Morgan fingerprint density at radius 3 is 2.21 bits per heavy atom. The highest BCUT2D eigenvalue weighted by molar-refractivity contribution is 5.66. The van der Waals surface area contributed by atoms with E-state index in [0.29, 0.717) is 6.42 Å². The number of carboxylic acids is 1. The zero-order valence-electron chi connectivity index (χ0n) is 8.91. The first kappa shape index (κ1) is 12.9. The van der Waals surface area contributed by atoms with Crippen LogP contribution in [0, 0.1) is 0 Å². The average molecular weight is 196 g/mol. The van der Waals surface area contributed by atoms with Crippen LogP contribution >= 0.6 is 0 Å². The smallest absolute Gasteiger partial charge is 0.303 e. The summed E-state index contributed by atoms with van der Waals surface area (Å²) in [6, 6.07) is 0. The molecule has 0 unspecified atom stereocenters. The molecule has 0 amide bonds. The molecule has 0 aliphatic rings. The molecule has 0 aromatic rings. The Morgan fingerprint density at radius 1 is 1.07 bits per heavy atom. The number of aliphatic carboxylic acids is 1. The van der Waals surface area contributed by atoms with E-state index in [1.807, 2.05) is 13.0 Å². The molecular weight excluding hydrogens is 176 g/mol. The second kappa shape index (κ2) is 10.0. The Balaban J connectivity index is 3.14. The number of carbonyl (C=O) groups is 1. The van der Waals surface area contributed by atoms with Crippen molar-refractivity contribution in [3.63, 3.8) is 0 Å². The minimum atomic E-state index is -0.720. The molecule has 2 heteroatoms. The fourth-order valence-electron chi connectivity index (χ4n) is 1.13. The van der Waals surface area contributed by atoms with Crippen LogP contribution in [0.5, 0.6) is 0 Å². The highest BCUT2D eigenvalue weighted by atomic mass is 16.4. The number of allylic oxidation sites excluding steroid dienone is 4. The van der Waals surface area contributed by atoms with Crippen LogP contribution < -0.4 is 0 Å². The highest BCUT2D eigenvalue weighted by Gasteiger charge is 1.91. The van der Waals surface area contributed by atoms with Gasteiger partial charge in [-0.25, -0.2) is 0 Å². The van der Waals surface area contributed by atoms with Gasteiger partial charge < -0.3 is 5.11 Å². The molecule has 0 aromatic carbocycles. The van der Waals surface area contributed by atoms with Crippen LogP contribution in [-0.4, -0.2) is 11.1 Å². The summed E-state index contributed by atoms with van der Waals surface area (Å²) in [4.78, 5) is 10.2. The third kappa shape index (κ3) is 11.0. The van der Waals surface area contributed by atoms with Crippen LogP contribution in [0.15, 0.2) is 24.3 Å². The highest BCUT2D eigenvalue weighted by Crippen LogP contribution is 2.02. The molecule has 14 heavy (non-hydrogen) atoms. The molecule has 0 aliphatic carbocycles. The van der Waals surface area contributed by atoms with Crippen LogP contribution in [0.4, 0.5) is 0 Å². The molecule has 0 aliphatic heterocycles. The third-order valence-corrected chi connectivity index (χ3v) is 1.92. The van der Waals surface area contributed by atoms with Crippen molar-refractivity contribution in [2.45, 2.75) is 45.4 Å². The third-order valence-electron chi connectivity index (χ3n) is 1.92. The normalized spacial score (nSPS) is 11.5. The number of hydrogen-bond donors (Lipinski definition) is 1. The number of hydrogen-bond acceptors (Lipinski definition) is 1. The van der Waals surface area contributed by atoms with Gasteiger partial charge in [0.25, 0.3) is 0 Å². The van der Waals surface area contributed by atoms with Crippen LogP contribution in [0.2, 0.25) is 0 Å². The van der Waals surface area contributed by atoms with Gasteiger partial charge in [-0.2, -0.15) is 0 Å². The second-order valence-electron chi connectivity index (χ2n) is 3.26. The Bertz CT molecular complexity index is 192. The zero-order valence-corrected chi connectivity index (χ0v) is 8.91. The van der Waals surface area contributed by atoms with Crippen molar-refractivity contribution >= 4 is 5.97 Å². The van der Waals surface area contributed by atoms with Gasteiger partial charge in [-0.05, 0) is 39.0 Å². The van der Waals surface area contributed by atoms with Gasteiger partial charge in [0.2, 0.25) is 0 Å². The first-order valence-corrected chi connectivity index (χ1v) is 5.25. The topological polar surface area (TPSA) is 37.3 Å². The summed E-state index contributed by atoms with van der Waals surface area (Å²) in [6.45, 7) is 2.03. The average Bonchev–Trinajstić information content (AvgIpc) is 2.15. The monoisotopic (exact) mass is 196 g/mol. The summed E-state index contributed by atoms with van der Waals surface area (Å²) in [6.07, 6.45) is 13.8. The molecule has 0 bridgehead atoms. The van der Waals surface area contributed by atoms with E-state index in [2.05, 4.69) is 18.2 Å². The van der Waals surface area contributed by atoms with E-state index in [4.69, 9.17) is 5.11 Å². The molecule has 0 atom stereocenters. The maximum Gasteiger partial charge on any atom is 0.303 e. The summed E-state index contributed by atoms with van der Waals surface area (Å²) in [5.74, 6) is -0.720. The fraction of sp³-hybridized carbons (Fsp3) is 0.583. The van der Waals surface area contributed by atoms with Gasteiger partial charge in [-0.15, -0.1) is 0 Å².